The molecule has 0 aliphatic rings. The summed E-state index contributed by atoms with van der Waals surface area (Å²) in [6, 6.07) is 12.4. The minimum Gasteiger partial charge on any atom is -0.381 e. The van der Waals surface area contributed by atoms with Gasteiger partial charge in [0.15, 0.2) is 0 Å². The maximum absolute atomic E-state index is 4.02. The van der Waals surface area contributed by atoms with Crippen LogP contribution in [0.15, 0.2) is 55.0 Å². The smallest absolute Gasteiger partial charge is 0.0539 e. The molecule has 1 aromatic carbocycles. The summed E-state index contributed by atoms with van der Waals surface area (Å²) in [5, 5.41) is 10.4. The van der Waals surface area contributed by atoms with Gasteiger partial charge in [-0.25, -0.2) is 0 Å². The largest absolute Gasteiger partial charge is 0.381 e. The summed E-state index contributed by atoms with van der Waals surface area (Å²) in [6.45, 7) is 2.80. The molecule has 2 N–H and O–H groups in total. The average molecular weight is 252 g/mol. The summed E-state index contributed by atoms with van der Waals surface area (Å²) in [6.07, 6.45) is 5.94. The summed E-state index contributed by atoms with van der Waals surface area (Å²) in [5.41, 5.74) is 4.55. The number of rotatable bonds is 4. The molecule has 3 rings (SSSR count). The van der Waals surface area contributed by atoms with Gasteiger partial charge in [0.05, 0.1) is 6.20 Å². The SMILES string of the molecule is Cc1[nH]ncc1CNc1cccc(-n2cccc2)c1. The molecule has 96 valence electrons. The Labute approximate surface area is 112 Å². The van der Waals surface area contributed by atoms with E-state index in [0.29, 0.717) is 0 Å². The minimum absolute atomic E-state index is 0.775. The lowest BCUT2D eigenvalue weighted by molar-refractivity contribution is 1.04. The monoisotopic (exact) mass is 252 g/mol. The summed E-state index contributed by atoms with van der Waals surface area (Å²) in [4.78, 5) is 0. The molecule has 0 fully saturated rings. The van der Waals surface area contributed by atoms with Crippen molar-refractivity contribution in [2.75, 3.05) is 5.32 Å². The lowest BCUT2D eigenvalue weighted by Gasteiger charge is -2.08. The van der Waals surface area contributed by atoms with E-state index in [1.165, 1.54) is 5.56 Å². The van der Waals surface area contributed by atoms with Crippen LogP contribution in [0.5, 0.6) is 0 Å². The maximum atomic E-state index is 4.02. The molecule has 2 aromatic heterocycles. The molecule has 0 saturated heterocycles. The first-order valence-electron chi connectivity index (χ1n) is 6.29. The van der Waals surface area contributed by atoms with E-state index in [1.54, 1.807) is 0 Å². The van der Waals surface area contributed by atoms with E-state index in [4.69, 9.17) is 0 Å². The van der Waals surface area contributed by atoms with Gasteiger partial charge in [0, 0.05) is 41.6 Å². The normalized spacial score (nSPS) is 10.6. The highest BCUT2D eigenvalue weighted by molar-refractivity contribution is 5.51. The van der Waals surface area contributed by atoms with Gasteiger partial charge in [-0.1, -0.05) is 6.07 Å². The lowest BCUT2D eigenvalue weighted by atomic mass is 10.2. The quantitative estimate of drug-likeness (QED) is 0.749. The first kappa shape index (κ1) is 11.6. The highest BCUT2D eigenvalue weighted by Gasteiger charge is 2.01. The molecule has 0 aliphatic heterocycles. The van der Waals surface area contributed by atoms with Gasteiger partial charge in [0.1, 0.15) is 0 Å². The van der Waals surface area contributed by atoms with Crippen LogP contribution < -0.4 is 5.32 Å². The molecule has 0 amide bonds. The van der Waals surface area contributed by atoms with Crippen molar-refractivity contribution in [1.29, 1.82) is 0 Å². The van der Waals surface area contributed by atoms with Crippen LogP contribution in [-0.4, -0.2) is 14.8 Å². The van der Waals surface area contributed by atoms with Gasteiger partial charge in [-0.3, -0.25) is 5.10 Å². The van der Waals surface area contributed by atoms with E-state index in [1.807, 2.05) is 37.6 Å². The molecular weight excluding hydrogens is 236 g/mol. The minimum atomic E-state index is 0.775. The molecule has 0 aliphatic carbocycles. The molecule has 4 nitrogen and oxygen atoms in total. The van der Waals surface area contributed by atoms with Crippen molar-refractivity contribution in [3.63, 3.8) is 0 Å². The molecule has 19 heavy (non-hydrogen) atoms. The first-order valence-corrected chi connectivity index (χ1v) is 6.29. The van der Waals surface area contributed by atoms with Gasteiger partial charge >= 0.3 is 0 Å². The zero-order chi connectivity index (χ0) is 13.1. The number of aryl methyl sites for hydroxylation is 1. The van der Waals surface area contributed by atoms with Crippen molar-refractivity contribution in [2.24, 2.45) is 0 Å². The highest BCUT2D eigenvalue weighted by atomic mass is 15.1. The van der Waals surface area contributed by atoms with Gasteiger partial charge < -0.3 is 9.88 Å². The molecule has 0 bridgehead atoms. The number of hydrogen-bond donors (Lipinski definition) is 2. The predicted molar refractivity (Wildman–Crippen MR) is 76.4 cm³/mol. The van der Waals surface area contributed by atoms with Crippen LogP contribution in [0.25, 0.3) is 5.69 Å². The number of aromatic nitrogens is 3. The number of nitrogens with one attached hydrogen (secondary N) is 2. The molecular formula is C15H16N4. The zero-order valence-electron chi connectivity index (χ0n) is 10.8. The molecule has 2 heterocycles. The highest BCUT2D eigenvalue weighted by Crippen LogP contribution is 2.16. The predicted octanol–water partition coefficient (Wildman–Crippen LogP) is 3.12. The van der Waals surface area contributed by atoms with Crippen LogP contribution in [0.3, 0.4) is 0 Å². The molecule has 3 aromatic rings. The van der Waals surface area contributed by atoms with Crippen molar-refractivity contribution >= 4 is 5.69 Å². The second kappa shape index (κ2) is 5.02. The Morgan fingerprint density at radius 3 is 2.79 bits per heavy atom. The summed E-state index contributed by atoms with van der Waals surface area (Å²) < 4.78 is 2.09. The van der Waals surface area contributed by atoms with Gasteiger partial charge in [-0.05, 0) is 37.3 Å². The number of benzene rings is 1. The van der Waals surface area contributed by atoms with E-state index in [0.717, 1.165) is 23.6 Å². The second-order valence-corrected chi connectivity index (χ2v) is 4.51. The Morgan fingerprint density at radius 2 is 2.05 bits per heavy atom. The fourth-order valence-electron chi connectivity index (χ4n) is 2.03. The topological polar surface area (TPSA) is 45.6 Å². The van der Waals surface area contributed by atoms with Crippen molar-refractivity contribution in [3.8, 4) is 5.69 Å². The Balaban J connectivity index is 1.75. The zero-order valence-corrected chi connectivity index (χ0v) is 10.8. The van der Waals surface area contributed by atoms with E-state index < -0.39 is 0 Å². The Morgan fingerprint density at radius 1 is 1.21 bits per heavy atom. The molecule has 0 spiro atoms. The van der Waals surface area contributed by atoms with Crippen molar-refractivity contribution in [2.45, 2.75) is 13.5 Å². The fourth-order valence-corrected chi connectivity index (χ4v) is 2.03. The van der Waals surface area contributed by atoms with Crippen LogP contribution in [-0.2, 0) is 6.54 Å². The summed E-state index contributed by atoms with van der Waals surface area (Å²) >= 11 is 0. The van der Waals surface area contributed by atoms with E-state index >= 15 is 0 Å². The van der Waals surface area contributed by atoms with E-state index in [2.05, 4.69) is 44.3 Å². The van der Waals surface area contributed by atoms with Crippen LogP contribution >= 0.6 is 0 Å². The van der Waals surface area contributed by atoms with Crippen molar-refractivity contribution in [1.82, 2.24) is 14.8 Å². The third-order valence-corrected chi connectivity index (χ3v) is 3.17. The molecule has 0 unspecified atom stereocenters. The van der Waals surface area contributed by atoms with Gasteiger partial charge in [0.2, 0.25) is 0 Å². The van der Waals surface area contributed by atoms with Gasteiger partial charge in [-0.15, -0.1) is 0 Å². The average Bonchev–Trinajstić information content (AvgIpc) is 3.08. The standard InChI is InChI=1S/C15H16N4/c1-12-13(11-17-18-12)10-16-14-5-4-6-15(9-14)19-7-2-3-8-19/h2-9,11,16H,10H2,1H3,(H,17,18). The maximum Gasteiger partial charge on any atom is 0.0539 e. The van der Waals surface area contributed by atoms with Crippen LogP contribution in [0, 0.1) is 6.92 Å². The third-order valence-electron chi connectivity index (χ3n) is 3.17. The van der Waals surface area contributed by atoms with E-state index in [9.17, 15) is 0 Å². The summed E-state index contributed by atoms with van der Waals surface area (Å²) in [7, 11) is 0. The number of anilines is 1. The van der Waals surface area contributed by atoms with E-state index in [-0.39, 0.29) is 0 Å². The van der Waals surface area contributed by atoms with Crippen LogP contribution in [0.4, 0.5) is 5.69 Å². The fraction of sp³-hybridized carbons (Fsp3) is 0.133. The van der Waals surface area contributed by atoms with Crippen LogP contribution in [0.1, 0.15) is 11.3 Å². The van der Waals surface area contributed by atoms with Crippen molar-refractivity contribution in [3.05, 3.63) is 66.2 Å². The number of aromatic amines is 1. The Bertz CT molecular complexity index is 652. The molecule has 4 heteroatoms. The Hall–Kier alpha value is -2.49. The van der Waals surface area contributed by atoms with Crippen LogP contribution in [0.2, 0.25) is 0 Å². The number of nitrogens with zero attached hydrogens (tertiary/aromatic N) is 2. The number of hydrogen-bond acceptors (Lipinski definition) is 2. The third kappa shape index (κ3) is 2.52. The molecule has 0 atom stereocenters. The van der Waals surface area contributed by atoms with Gasteiger partial charge in [-0.2, -0.15) is 5.10 Å². The lowest BCUT2D eigenvalue weighted by Crippen LogP contribution is -2.00. The Kier molecular flexibility index (Phi) is 3.06. The molecule has 0 radical (unpaired) electrons. The summed E-state index contributed by atoms with van der Waals surface area (Å²) in [5.74, 6) is 0. The second-order valence-electron chi connectivity index (χ2n) is 4.51. The first-order chi connectivity index (χ1) is 9.33. The van der Waals surface area contributed by atoms with Gasteiger partial charge in [0.25, 0.3) is 0 Å². The number of H-pyrrole nitrogens is 1. The molecule has 0 saturated carbocycles. The van der Waals surface area contributed by atoms with Crippen molar-refractivity contribution < 1.29 is 0 Å².